The van der Waals surface area contributed by atoms with E-state index in [4.69, 9.17) is 0 Å². The van der Waals surface area contributed by atoms with Crippen molar-refractivity contribution < 1.29 is 9.00 Å². The maximum atomic E-state index is 11.8. The molecule has 2 rings (SSSR count). The van der Waals surface area contributed by atoms with Crippen LogP contribution in [0.25, 0.3) is 11.5 Å². The fraction of sp³-hybridized carbons (Fsp3) is 0.333. The first kappa shape index (κ1) is 13.5. The van der Waals surface area contributed by atoms with Gasteiger partial charge in [-0.15, -0.1) is 0 Å². The van der Waals surface area contributed by atoms with Gasteiger partial charge in [-0.05, 0) is 19.9 Å². The lowest BCUT2D eigenvalue weighted by Crippen LogP contribution is -2.28. The third kappa shape index (κ3) is 2.60. The fourth-order valence-electron chi connectivity index (χ4n) is 1.49. The molecule has 2 heterocycles. The van der Waals surface area contributed by atoms with Crippen molar-refractivity contribution in [3.05, 3.63) is 24.7 Å². The molecule has 0 fully saturated rings. The number of carbonyl (C=O) groups excluding carboxylic acids is 1. The van der Waals surface area contributed by atoms with Crippen LogP contribution in [0.5, 0.6) is 0 Å². The molecule has 0 aliphatic carbocycles. The summed E-state index contributed by atoms with van der Waals surface area (Å²) in [6.07, 6.45) is 7.14. The summed E-state index contributed by atoms with van der Waals surface area (Å²) >= 11 is 0. The summed E-state index contributed by atoms with van der Waals surface area (Å²) in [7, 11) is -1.24. The second kappa shape index (κ2) is 5.00. The number of aromatic nitrogens is 4. The van der Waals surface area contributed by atoms with Gasteiger partial charge in [-0.25, -0.2) is 9.97 Å². The third-order valence-electron chi connectivity index (χ3n) is 2.65. The monoisotopic (exact) mass is 278 g/mol. The minimum Gasteiger partial charge on any atom is -0.301 e. The van der Waals surface area contributed by atoms with Crippen LogP contribution in [-0.4, -0.2) is 36.5 Å². The largest absolute Gasteiger partial charge is 0.301 e. The zero-order valence-electron chi connectivity index (χ0n) is 10.9. The molecular formula is C12H14N4O2S. The van der Waals surface area contributed by atoms with Crippen LogP contribution in [-0.2, 0) is 21.1 Å². The quantitative estimate of drug-likeness (QED) is 0.780. The molecule has 0 N–H and O–H groups in total. The van der Waals surface area contributed by atoms with Crippen LogP contribution in [0.4, 0.5) is 0 Å². The number of hydrogen-bond acceptors (Lipinski definition) is 5. The predicted octanol–water partition coefficient (Wildman–Crippen LogP) is 1.01. The second-order valence-corrected chi connectivity index (χ2v) is 5.93. The molecule has 2 aromatic rings. The Bertz CT molecular complexity index is 622. The first-order valence-electron chi connectivity index (χ1n) is 5.63. The highest BCUT2D eigenvalue weighted by Gasteiger charge is 2.25. The van der Waals surface area contributed by atoms with E-state index in [0.29, 0.717) is 16.4 Å². The third-order valence-corrected chi connectivity index (χ3v) is 3.56. The van der Waals surface area contributed by atoms with E-state index in [-0.39, 0.29) is 0 Å². The first-order valence-corrected chi connectivity index (χ1v) is 7.19. The Labute approximate surface area is 113 Å². The zero-order chi connectivity index (χ0) is 14.0. The molecular weight excluding hydrogens is 264 g/mol. The number of carbonyl (C=O) groups is 1. The van der Waals surface area contributed by atoms with E-state index in [0.717, 1.165) is 6.29 Å². The fourth-order valence-corrected chi connectivity index (χ4v) is 2.15. The molecule has 6 nitrogen and oxygen atoms in total. The molecule has 2 aromatic heterocycles. The van der Waals surface area contributed by atoms with E-state index < -0.39 is 16.3 Å². The molecule has 1 unspecified atom stereocenters. The second-order valence-electron chi connectivity index (χ2n) is 4.58. The molecule has 0 saturated heterocycles. The summed E-state index contributed by atoms with van der Waals surface area (Å²) in [6.45, 7) is 3.45. The van der Waals surface area contributed by atoms with Crippen molar-refractivity contribution >= 4 is 17.1 Å². The highest BCUT2D eigenvalue weighted by molar-refractivity contribution is 7.84. The number of aldehydes is 1. The minimum absolute atomic E-state index is 0.396. The van der Waals surface area contributed by atoms with Crippen LogP contribution < -0.4 is 0 Å². The van der Waals surface area contributed by atoms with Gasteiger partial charge in [-0.3, -0.25) is 8.89 Å². The lowest BCUT2D eigenvalue weighted by Gasteiger charge is -2.16. The van der Waals surface area contributed by atoms with E-state index in [2.05, 4.69) is 15.1 Å². The van der Waals surface area contributed by atoms with E-state index in [9.17, 15) is 9.00 Å². The van der Waals surface area contributed by atoms with Gasteiger partial charge in [0, 0.05) is 24.8 Å². The highest BCUT2D eigenvalue weighted by Crippen LogP contribution is 2.23. The summed E-state index contributed by atoms with van der Waals surface area (Å²) in [6, 6.07) is 1.69. The van der Waals surface area contributed by atoms with Crippen LogP contribution in [0.15, 0.2) is 29.6 Å². The number of rotatable bonds is 4. The summed E-state index contributed by atoms with van der Waals surface area (Å²) in [5.41, 5.74) is -0.363. The van der Waals surface area contributed by atoms with Crippen molar-refractivity contribution in [1.82, 2.24) is 19.7 Å². The average Bonchev–Trinajstić information content (AvgIpc) is 2.85. The van der Waals surface area contributed by atoms with Gasteiger partial charge >= 0.3 is 0 Å². The molecule has 0 radical (unpaired) electrons. The van der Waals surface area contributed by atoms with Gasteiger partial charge in [-0.1, -0.05) is 0 Å². The highest BCUT2D eigenvalue weighted by atomic mass is 32.2. The van der Waals surface area contributed by atoms with Gasteiger partial charge in [0.2, 0.25) is 0 Å². The smallest absolute Gasteiger partial charge is 0.181 e. The van der Waals surface area contributed by atoms with Crippen molar-refractivity contribution in [2.24, 2.45) is 0 Å². The molecule has 0 amide bonds. The molecule has 100 valence electrons. The summed E-state index contributed by atoms with van der Waals surface area (Å²) < 4.78 is 13.3. The SMILES string of the molecule is CS(=O)c1cn(C(C)(C)C=O)nc1-c1ncccn1. The van der Waals surface area contributed by atoms with Crippen LogP contribution in [0, 0.1) is 0 Å². The Morgan fingerprint density at radius 3 is 2.47 bits per heavy atom. The zero-order valence-corrected chi connectivity index (χ0v) is 11.7. The molecule has 19 heavy (non-hydrogen) atoms. The Morgan fingerprint density at radius 1 is 1.32 bits per heavy atom. The van der Waals surface area contributed by atoms with Crippen LogP contribution in [0.3, 0.4) is 0 Å². The normalized spacial score (nSPS) is 13.2. The molecule has 0 aliphatic heterocycles. The lowest BCUT2D eigenvalue weighted by atomic mass is 10.1. The van der Waals surface area contributed by atoms with Crippen molar-refractivity contribution in [2.45, 2.75) is 24.3 Å². The van der Waals surface area contributed by atoms with E-state index in [1.54, 1.807) is 44.8 Å². The Kier molecular flexibility index (Phi) is 3.57. The van der Waals surface area contributed by atoms with E-state index in [1.807, 2.05) is 0 Å². The van der Waals surface area contributed by atoms with Gasteiger partial charge in [0.25, 0.3) is 0 Å². The maximum Gasteiger partial charge on any atom is 0.181 e. The summed E-state index contributed by atoms with van der Waals surface area (Å²) in [4.78, 5) is 19.8. The number of nitrogens with zero attached hydrogens (tertiary/aromatic N) is 4. The van der Waals surface area contributed by atoms with E-state index >= 15 is 0 Å². The van der Waals surface area contributed by atoms with E-state index in [1.165, 1.54) is 4.68 Å². The molecule has 0 aliphatic rings. The molecule has 7 heteroatoms. The van der Waals surface area contributed by atoms with Crippen molar-refractivity contribution in [1.29, 1.82) is 0 Å². The standard InChI is InChI=1S/C12H14N4O2S/c1-12(2,8-17)16-7-9(19(3)18)10(15-16)11-13-5-4-6-14-11/h4-8H,1-3H3. The van der Waals surface area contributed by atoms with Gasteiger partial charge in [0.05, 0.1) is 15.7 Å². The molecule has 0 saturated carbocycles. The Balaban J connectivity index is 2.61. The van der Waals surface area contributed by atoms with Gasteiger partial charge in [0.15, 0.2) is 5.82 Å². The summed E-state index contributed by atoms with van der Waals surface area (Å²) in [5, 5.41) is 4.31. The predicted molar refractivity (Wildman–Crippen MR) is 71.0 cm³/mol. The van der Waals surface area contributed by atoms with Gasteiger partial charge < -0.3 is 4.79 Å². The summed E-state index contributed by atoms with van der Waals surface area (Å²) in [5.74, 6) is 0.396. The minimum atomic E-state index is -1.24. The van der Waals surface area contributed by atoms with Gasteiger partial charge in [0.1, 0.15) is 17.5 Å². The van der Waals surface area contributed by atoms with Crippen molar-refractivity contribution in [3.8, 4) is 11.5 Å². The molecule has 0 bridgehead atoms. The molecule has 0 aromatic carbocycles. The first-order chi connectivity index (χ1) is 8.95. The molecule has 0 spiro atoms. The van der Waals surface area contributed by atoms with Crippen LogP contribution in [0.2, 0.25) is 0 Å². The Morgan fingerprint density at radius 2 is 1.95 bits per heavy atom. The maximum absolute atomic E-state index is 11.8. The van der Waals surface area contributed by atoms with Crippen LogP contribution >= 0.6 is 0 Å². The number of hydrogen-bond donors (Lipinski definition) is 0. The average molecular weight is 278 g/mol. The molecule has 1 atom stereocenters. The van der Waals surface area contributed by atoms with Crippen molar-refractivity contribution in [3.63, 3.8) is 0 Å². The topological polar surface area (TPSA) is 77.7 Å². The lowest BCUT2D eigenvalue weighted by molar-refractivity contribution is -0.114. The Hall–Kier alpha value is -1.89. The van der Waals surface area contributed by atoms with Crippen LogP contribution in [0.1, 0.15) is 13.8 Å². The van der Waals surface area contributed by atoms with Gasteiger partial charge in [-0.2, -0.15) is 5.10 Å². The van der Waals surface area contributed by atoms with Crippen molar-refractivity contribution in [2.75, 3.05) is 6.26 Å².